The zero-order chi connectivity index (χ0) is 11.4. The maximum Gasteiger partial charge on any atom is 0.164 e. The van der Waals surface area contributed by atoms with Gasteiger partial charge in [0.15, 0.2) is 5.79 Å². The lowest BCUT2D eigenvalue weighted by atomic mass is 9.64. The summed E-state index contributed by atoms with van der Waals surface area (Å²) in [5, 5.41) is 0. The van der Waals surface area contributed by atoms with Crippen molar-refractivity contribution in [2.24, 2.45) is 5.92 Å². The molecule has 0 unspecified atom stereocenters. The van der Waals surface area contributed by atoms with E-state index in [4.69, 9.17) is 9.47 Å². The molecule has 0 radical (unpaired) electrons. The van der Waals surface area contributed by atoms with Crippen molar-refractivity contribution in [1.82, 2.24) is 0 Å². The first kappa shape index (κ1) is 10.8. The Balaban J connectivity index is 2.01. The molecule has 16 heavy (non-hydrogen) atoms. The van der Waals surface area contributed by atoms with Crippen molar-refractivity contribution in [3.63, 3.8) is 0 Å². The minimum Gasteiger partial charge on any atom is -0.344 e. The van der Waals surface area contributed by atoms with Crippen LogP contribution in [-0.4, -0.2) is 17.5 Å². The van der Waals surface area contributed by atoms with Gasteiger partial charge < -0.3 is 9.47 Å². The Labute approximate surface area is 98.0 Å². The van der Waals surface area contributed by atoms with Crippen LogP contribution in [0.15, 0.2) is 12.2 Å². The molecule has 3 fully saturated rings. The van der Waals surface area contributed by atoms with Crippen LogP contribution in [-0.2, 0) is 9.47 Å². The van der Waals surface area contributed by atoms with Crippen LogP contribution in [0.2, 0.25) is 0 Å². The number of hydrogen-bond donors (Lipinski definition) is 0. The van der Waals surface area contributed by atoms with Gasteiger partial charge in [0.2, 0.25) is 0 Å². The van der Waals surface area contributed by atoms with Crippen LogP contribution < -0.4 is 0 Å². The summed E-state index contributed by atoms with van der Waals surface area (Å²) in [7, 11) is 0. The van der Waals surface area contributed by atoms with Gasteiger partial charge in [0.05, 0.1) is 6.10 Å². The lowest BCUT2D eigenvalue weighted by Crippen LogP contribution is -2.53. The first-order valence-corrected chi connectivity index (χ1v) is 6.61. The minimum absolute atomic E-state index is 0.139. The van der Waals surface area contributed by atoms with Crippen molar-refractivity contribution in [3.8, 4) is 0 Å². The second-order valence-electron chi connectivity index (χ2n) is 6.03. The predicted octanol–water partition coefficient (Wildman–Crippen LogP) is 3.42. The second kappa shape index (κ2) is 3.33. The standard InChI is InChI=1S/C14H22O2/c1-10-6-4-7-11-8-5-9-12-14(10,11)16-13(2,3)15-12/h11-12H,1,4-9H2,2-3H3/t11-,12-,14+/m1/s1. The lowest BCUT2D eigenvalue weighted by Gasteiger charge is -2.48. The maximum absolute atomic E-state index is 6.33. The van der Waals surface area contributed by atoms with Gasteiger partial charge in [0.25, 0.3) is 0 Å². The Morgan fingerprint density at radius 1 is 1.19 bits per heavy atom. The Hall–Kier alpha value is -0.340. The van der Waals surface area contributed by atoms with Crippen molar-refractivity contribution in [1.29, 1.82) is 0 Å². The van der Waals surface area contributed by atoms with Gasteiger partial charge in [-0.15, -0.1) is 0 Å². The van der Waals surface area contributed by atoms with E-state index in [0.29, 0.717) is 5.92 Å². The van der Waals surface area contributed by atoms with E-state index in [9.17, 15) is 0 Å². The maximum atomic E-state index is 6.33. The molecule has 2 nitrogen and oxygen atoms in total. The molecule has 3 atom stereocenters. The van der Waals surface area contributed by atoms with Crippen molar-refractivity contribution >= 4 is 0 Å². The third-order valence-corrected chi connectivity index (χ3v) is 4.53. The number of rotatable bonds is 0. The van der Waals surface area contributed by atoms with E-state index in [1.165, 1.54) is 31.3 Å². The average molecular weight is 222 g/mol. The monoisotopic (exact) mass is 222 g/mol. The topological polar surface area (TPSA) is 18.5 Å². The van der Waals surface area contributed by atoms with Gasteiger partial charge in [-0.2, -0.15) is 0 Å². The third-order valence-electron chi connectivity index (χ3n) is 4.53. The fourth-order valence-electron chi connectivity index (χ4n) is 4.01. The number of hydrogen-bond acceptors (Lipinski definition) is 2. The molecule has 2 saturated carbocycles. The highest BCUT2D eigenvalue weighted by Gasteiger charge is 2.60. The van der Waals surface area contributed by atoms with Crippen molar-refractivity contribution in [2.45, 2.75) is 69.9 Å². The molecule has 0 aromatic heterocycles. The van der Waals surface area contributed by atoms with Crippen LogP contribution in [0.25, 0.3) is 0 Å². The average Bonchev–Trinajstić information content (AvgIpc) is 2.48. The smallest absolute Gasteiger partial charge is 0.164 e. The zero-order valence-electron chi connectivity index (χ0n) is 10.4. The van der Waals surface area contributed by atoms with Gasteiger partial charge in [-0.25, -0.2) is 0 Å². The third kappa shape index (κ3) is 1.32. The first-order chi connectivity index (χ1) is 7.55. The van der Waals surface area contributed by atoms with E-state index in [1.54, 1.807) is 0 Å². The SMILES string of the molecule is C=C1CCC[C@@H]2CCC[C@H]3OC(C)(C)O[C@@]123. The summed E-state index contributed by atoms with van der Waals surface area (Å²) in [6.45, 7) is 8.37. The largest absolute Gasteiger partial charge is 0.344 e. The predicted molar refractivity (Wildman–Crippen MR) is 63.1 cm³/mol. The molecular formula is C14H22O2. The van der Waals surface area contributed by atoms with Crippen LogP contribution in [0.1, 0.15) is 52.4 Å². The highest BCUT2D eigenvalue weighted by Crippen LogP contribution is 2.55. The van der Waals surface area contributed by atoms with Gasteiger partial charge in [0, 0.05) is 0 Å². The summed E-state index contributed by atoms with van der Waals surface area (Å²) in [6, 6.07) is 0. The summed E-state index contributed by atoms with van der Waals surface area (Å²) >= 11 is 0. The van der Waals surface area contributed by atoms with Gasteiger partial charge in [0.1, 0.15) is 5.60 Å². The fraction of sp³-hybridized carbons (Fsp3) is 0.857. The summed E-state index contributed by atoms with van der Waals surface area (Å²) < 4.78 is 12.4. The lowest BCUT2D eigenvalue weighted by molar-refractivity contribution is -0.167. The molecule has 0 bridgehead atoms. The molecule has 0 aromatic carbocycles. The van der Waals surface area contributed by atoms with E-state index in [1.807, 2.05) is 13.8 Å². The van der Waals surface area contributed by atoms with E-state index >= 15 is 0 Å². The van der Waals surface area contributed by atoms with Crippen molar-refractivity contribution < 1.29 is 9.47 Å². The molecule has 3 aliphatic rings. The zero-order valence-corrected chi connectivity index (χ0v) is 10.4. The van der Waals surface area contributed by atoms with Crippen molar-refractivity contribution in [3.05, 3.63) is 12.2 Å². The molecule has 1 heterocycles. The molecule has 2 aliphatic carbocycles. The molecule has 90 valence electrons. The summed E-state index contributed by atoms with van der Waals surface area (Å²) in [4.78, 5) is 0. The molecule has 0 N–H and O–H groups in total. The van der Waals surface area contributed by atoms with Crippen LogP contribution >= 0.6 is 0 Å². The second-order valence-corrected chi connectivity index (χ2v) is 6.03. The molecule has 1 aliphatic heterocycles. The highest BCUT2D eigenvalue weighted by molar-refractivity contribution is 5.25. The van der Waals surface area contributed by atoms with Gasteiger partial charge >= 0.3 is 0 Å². The molecule has 1 saturated heterocycles. The van der Waals surface area contributed by atoms with Crippen LogP contribution in [0, 0.1) is 5.92 Å². The Morgan fingerprint density at radius 2 is 1.94 bits per heavy atom. The molecule has 1 spiro atoms. The quantitative estimate of drug-likeness (QED) is 0.585. The minimum atomic E-state index is -0.423. The fourth-order valence-corrected chi connectivity index (χ4v) is 4.01. The normalized spacial score (nSPS) is 46.2. The van der Waals surface area contributed by atoms with Crippen LogP contribution in [0.4, 0.5) is 0 Å². The summed E-state index contributed by atoms with van der Waals surface area (Å²) in [5.41, 5.74) is 1.15. The van der Waals surface area contributed by atoms with Crippen LogP contribution in [0.3, 0.4) is 0 Å². The summed E-state index contributed by atoms with van der Waals surface area (Å²) in [5.74, 6) is 0.224. The first-order valence-electron chi connectivity index (χ1n) is 6.61. The van der Waals surface area contributed by atoms with E-state index < -0.39 is 5.79 Å². The highest BCUT2D eigenvalue weighted by atomic mass is 16.8. The molecular weight excluding hydrogens is 200 g/mol. The summed E-state index contributed by atoms with van der Waals surface area (Å²) in [6.07, 6.45) is 7.65. The van der Waals surface area contributed by atoms with E-state index in [0.717, 1.165) is 12.8 Å². The van der Waals surface area contributed by atoms with E-state index in [2.05, 4.69) is 6.58 Å². The Bertz CT molecular complexity index is 319. The number of ether oxygens (including phenoxy) is 2. The molecule has 2 heteroatoms. The molecule has 3 rings (SSSR count). The van der Waals surface area contributed by atoms with Crippen LogP contribution in [0.5, 0.6) is 0 Å². The van der Waals surface area contributed by atoms with Gasteiger partial charge in [-0.3, -0.25) is 0 Å². The van der Waals surface area contributed by atoms with Crippen molar-refractivity contribution in [2.75, 3.05) is 0 Å². The molecule has 0 aromatic rings. The van der Waals surface area contributed by atoms with E-state index in [-0.39, 0.29) is 11.7 Å². The van der Waals surface area contributed by atoms with Gasteiger partial charge in [-0.1, -0.05) is 13.0 Å². The molecule has 0 amide bonds. The van der Waals surface area contributed by atoms with Gasteiger partial charge in [-0.05, 0) is 57.4 Å². The Morgan fingerprint density at radius 3 is 2.75 bits per heavy atom. The Kier molecular flexibility index (Phi) is 2.25.